The highest BCUT2D eigenvalue weighted by molar-refractivity contribution is 7.15. The minimum Gasteiger partial charge on any atom is -0.300 e. The van der Waals surface area contributed by atoms with Crippen molar-refractivity contribution >= 4 is 44.8 Å². The van der Waals surface area contributed by atoms with Gasteiger partial charge in [0.2, 0.25) is 22.1 Å². The van der Waals surface area contributed by atoms with Gasteiger partial charge in [-0.2, -0.15) is 10.5 Å². The molecule has 12 nitrogen and oxygen atoms in total. The lowest BCUT2D eigenvalue weighted by molar-refractivity contribution is -0.116. The van der Waals surface area contributed by atoms with Gasteiger partial charge in [0.05, 0.1) is 35.4 Å². The van der Waals surface area contributed by atoms with Crippen LogP contribution >= 0.6 is 22.7 Å². The molecule has 40 heavy (non-hydrogen) atoms. The van der Waals surface area contributed by atoms with Gasteiger partial charge in [-0.3, -0.25) is 19.6 Å². The second kappa shape index (κ2) is 12.5. The molecule has 0 bridgehead atoms. The second-order valence-corrected chi connectivity index (χ2v) is 11.1. The summed E-state index contributed by atoms with van der Waals surface area (Å²) in [7, 11) is 0. The average Bonchev–Trinajstić information content (AvgIpc) is 3.63. The Kier molecular flexibility index (Phi) is 8.39. The first-order chi connectivity index (χ1) is 19.5. The number of aromatic nitrogens is 6. The van der Waals surface area contributed by atoms with Gasteiger partial charge in [-0.15, -0.1) is 20.4 Å². The lowest BCUT2D eigenvalue weighted by Crippen LogP contribution is -2.15. The highest BCUT2D eigenvalue weighted by Crippen LogP contribution is 2.43. The van der Waals surface area contributed by atoms with Crippen LogP contribution in [0.25, 0.3) is 0 Å². The Morgan fingerprint density at radius 2 is 1.27 bits per heavy atom. The molecule has 4 heterocycles. The molecule has 0 aromatic carbocycles. The third kappa shape index (κ3) is 6.48. The van der Waals surface area contributed by atoms with Gasteiger partial charge in [-0.1, -0.05) is 29.1 Å². The maximum atomic E-state index is 12.5. The molecular formula is C26H22N10O2S2. The van der Waals surface area contributed by atoms with E-state index in [1.807, 2.05) is 12.1 Å². The lowest BCUT2D eigenvalue weighted by Gasteiger charge is -2.25. The van der Waals surface area contributed by atoms with E-state index in [2.05, 4.69) is 41.0 Å². The normalized spacial score (nSPS) is 16.4. The zero-order valence-corrected chi connectivity index (χ0v) is 22.7. The van der Waals surface area contributed by atoms with Crippen molar-refractivity contribution in [2.45, 2.75) is 50.4 Å². The number of anilines is 2. The monoisotopic (exact) mass is 570 g/mol. The molecular weight excluding hydrogens is 548 g/mol. The van der Waals surface area contributed by atoms with Crippen molar-refractivity contribution in [3.05, 3.63) is 69.2 Å². The summed E-state index contributed by atoms with van der Waals surface area (Å²) < 4.78 is 0. The summed E-state index contributed by atoms with van der Waals surface area (Å²) in [5.41, 5.74) is 1.56. The molecule has 4 aromatic rings. The number of nitrogens with zero attached hydrogens (tertiary/aromatic N) is 8. The topological polar surface area (TPSA) is 183 Å². The van der Waals surface area contributed by atoms with Crippen LogP contribution in [-0.2, 0) is 22.4 Å². The molecule has 0 unspecified atom stereocenters. The Labute approximate surface area is 237 Å². The van der Waals surface area contributed by atoms with Crippen LogP contribution in [-0.4, -0.2) is 42.2 Å². The summed E-state index contributed by atoms with van der Waals surface area (Å²) in [5.74, 6) is -0.290. The first-order valence-electron chi connectivity index (χ1n) is 12.5. The zero-order valence-electron chi connectivity index (χ0n) is 21.1. The van der Waals surface area contributed by atoms with E-state index in [0.717, 1.165) is 35.7 Å². The summed E-state index contributed by atoms with van der Waals surface area (Å²) in [6.45, 7) is 0. The molecule has 0 saturated heterocycles. The third-order valence-corrected chi connectivity index (χ3v) is 8.43. The van der Waals surface area contributed by atoms with Gasteiger partial charge in [0.15, 0.2) is 0 Å². The van der Waals surface area contributed by atoms with Crippen LogP contribution in [0.1, 0.15) is 70.0 Å². The Balaban J connectivity index is 1.17. The quantitative estimate of drug-likeness (QED) is 0.316. The van der Waals surface area contributed by atoms with Crippen LogP contribution in [0.4, 0.5) is 10.3 Å². The fraction of sp³-hybridized carbons (Fsp3) is 0.308. The van der Waals surface area contributed by atoms with Crippen molar-refractivity contribution < 1.29 is 9.59 Å². The average molecular weight is 571 g/mol. The highest BCUT2D eigenvalue weighted by atomic mass is 32.1. The van der Waals surface area contributed by atoms with E-state index in [9.17, 15) is 20.1 Å². The number of carbonyl (C=O) groups is 2. The third-order valence-electron chi connectivity index (χ3n) is 6.42. The van der Waals surface area contributed by atoms with Gasteiger partial charge in [-0.05, 0) is 43.5 Å². The van der Waals surface area contributed by atoms with Crippen LogP contribution in [0.15, 0.2) is 36.7 Å². The zero-order chi connectivity index (χ0) is 27.9. The first kappa shape index (κ1) is 26.9. The Morgan fingerprint density at radius 3 is 1.73 bits per heavy atom. The number of amides is 2. The maximum Gasteiger partial charge on any atom is 0.232 e. The molecule has 0 spiro atoms. The standard InChI is InChI=1S/C26H22N10O2S2/c27-13-17-6-2-8-29-19(17)11-21(37)31-25-35-33-23(39-25)15-4-1-5-16(10-15)24-34-36-26(40-24)32-22(38)12-20-18(14-28)7-3-9-30-20/h2-3,6-9,15-16H,1,4-5,10-12H2,(H,31,35,37)(H,32,36,38)/t15-,16-/m1/s1. The number of hydrogen-bond acceptors (Lipinski definition) is 12. The molecule has 1 aliphatic carbocycles. The fourth-order valence-corrected chi connectivity index (χ4v) is 6.34. The molecule has 14 heteroatoms. The fourth-order valence-electron chi connectivity index (χ4n) is 4.53. The molecule has 0 radical (unpaired) electrons. The van der Waals surface area contributed by atoms with Gasteiger partial charge in [0, 0.05) is 24.2 Å². The predicted molar refractivity (Wildman–Crippen MR) is 146 cm³/mol. The largest absolute Gasteiger partial charge is 0.300 e. The number of hydrogen-bond donors (Lipinski definition) is 2. The first-order valence-corrected chi connectivity index (χ1v) is 14.1. The van der Waals surface area contributed by atoms with E-state index in [-0.39, 0.29) is 36.5 Å². The number of nitriles is 2. The summed E-state index contributed by atoms with van der Waals surface area (Å²) in [6.07, 6.45) is 6.74. The summed E-state index contributed by atoms with van der Waals surface area (Å²) >= 11 is 2.69. The number of rotatable bonds is 8. The van der Waals surface area contributed by atoms with Crippen molar-refractivity contribution in [3.63, 3.8) is 0 Å². The van der Waals surface area contributed by atoms with Crippen molar-refractivity contribution in [3.8, 4) is 12.1 Å². The van der Waals surface area contributed by atoms with Gasteiger partial charge >= 0.3 is 0 Å². The molecule has 2 atom stereocenters. The maximum absolute atomic E-state index is 12.5. The molecule has 1 saturated carbocycles. The van der Waals surface area contributed by atoms with E-state index in [1.165, 1.54) is 22.7 Å². The minimum absolute atomic E-state index is 0.0264. The smallest absolute Gasteiger partial charge is 0.232 e. The van der Waals surface area contributed by atoms with E-state index in [4.69, 9.17) is 0 Å². The van der Waals surface area contributed by atoms with E-state index in [0.29, 0.717) is 32.8 Å². The Bertz CT molecular complexity index is 1500. The van der Waals surface area contributed by atoms with Gasteiger partial charge in [0.1, 0.15) is 22.2 Å². The molecule has 200 valence electrons. The van der Waals surface area contributed by atoms with Crippen LogP contribution < -0.4 is 10.6 Å². The molecule has 2 amide bonds. The van der Waals surface area contributed by atoms with E-state index < -0.39 is 0 Å². The van der Waals surface area contributed by atoms with E-state index >= 15 is 0 Å². The van der Waals surface area contributed by atoms with Crippen molar-refractivity contribution in [1.82, 2.24) is 30.4 Å². The minimum atomic E-state index is -0.310. The molecule has 1 fully saturated rings. The SMILES string of the molecule is N#Cc1cccnc1CC(=O)Nc1nnc([C@@H]2CCC[C@@H](c3nnc(NC(=O)Cc4ncccc4C#N)s3)C2)s1. The Hall–Kier alpha value is -4.66. The molecule has 1 aliphatic rings. The number of pyridine rings is 2. The van der Waals surface area contributed by atoms with Crippen LogP contribution in [0.5, 0.6) is 0 Å². The lowest BCUT2D eigenvalue weighted by atomic mass is 9.82. The van der Waals surface area contributed by atoms with Crippen molar-refractivity contribution in [1.29, 1.82) is 10.5 Å². The van der Waals surface area contributed by atoms with Crippen molar-refractivity contribution in [2.24, 2.45) is 0 Å². The number of nitrogens with one attached hydrogen (secondary N) is 2. The summed E-state index contributed by atoms with van der Waals surface area (Å²) in [5, 5.41) is 43.4. The molecule has 4 aromatic heterocycles. The molecule has 0 aliphatic heterocycles. The van der Waals surface area contributed by atoms with Crippen LogP contribution in [0.3, 0.4) is 0 Å². The molecule has 5 rings (SSSR count). The van der Waals surface area contributed by atoms with Crippen LogP contribution in [0, 0.1) is 22.7 Å². The van der Waals surface area contributed by atoms with Crippen molar-refractivity contribution in [2.75, 3.05) is 10.6 Å². The number of carbonyl (C=O) groups excluding carboxylic acids is 2. The van der Waals surface area contributed by atoms with Gasteiger partial charge < -0.3 is 10.6 Å². The molecule has 2 N–H and O–H groups in total. The van der Waals surface area contributed by atoms with Crippen LogP contribution in [0.2, 0.25) is 0 Å². The Morgan fingerprint density at radius 1 is 0.800 bits per heavy atom. The predicted octanol–water partition coefficient (Wildman–Crippen LogP) is 3.73. The van der Waals surface area contributed by atoms with Gasteiger partial charge in [-0.25, -0.2) is 0 Å². The second-order valence-electron chi connectivity index (χ2n) is 9.12. The summed E-state index contributed by atoms with van der Waals surface area (Å²) in [6, 6.07) is 10.6. The van der Waals surface area contributed by atoms with E-state index in [1.54, 1.807) is 36.7 Å². The summed E-state index contributed by atoms with van der Waals surface area (Å²) in [4.78, 5) is 33.3. The highest BCUT2D eigenvalue weighted by Gasteiger charge is 2.29. The van der Waals surface area contributed by atoms with Gasteiger partial charge in [0.25, 0.3) is 0 Å².